The standard InChI is InChI=1S/C13H10N2O2/c14-15-11-8-4-7-10(13(16)17)12(11)9-5-2-1-3-6-9/h1-8,14H,(H,16,17). The Bertz CT molecular complexity index is 565. The molecule has 4 nitrogen and oxygen atoms in total. The van der Waals surface area contributed by atoms with Gasteiger partial charge in [0.25, 0.3) is 0 Å². The highest BCUT2D eigenvalue weighted by atomic mass is 16.4. The van der Waals surface area contributed by atoms with Crippen molar-refractivity contribution in [2.45, 2.75) is 0 Å². The Labute approximate surface area is 98.0 Å². The average Bonchev–Trinajstić information content (AvgIpc) is 2.38. The van der Waals surface area contributed by atoms with Crippen LogP contribution in [-0.2, 0) is 0 Å². The van der Waals surface area contributed by atoms with Gasteiger partial charge in [-0.2, -0.15) is 5.11 Å². The van der Waals surface area contributed by atoms with Gasteiger partial charge >= 0.3 is 5.97 Å². The SMILES string of the molecule is N=Nc1cccc(C(=O)O)c1-c1ccccc1. The molecule has 0 aliphatic rings. The summed E-state index contributed by atoms with van der Waals surface area (Å²) in [4.78, 5) is 11.2. The molecular formula is C13H10N2O2. The van der Waals surface area contributed by atoms with Crippen LogP contribution in [0.2, 0.25) is 0 Å². The van der Waals surface area contributed by atoms with Gasteiger partial charge in [0.15, 0.2) is 0 Å². The van der Waals surface area contributed by atoms with Gasteiger partial charge in [0.2, 0.25) is 0 Å². The molecule has 0 atom stereocenters. The van der Waals surface area contributed by atoms with Crippen molar-refractivity contribution in [1.29, 1.82) is 5.53 Å². The second-order valence-corrected chi connectivity index (χ2v) is 3.48. The second-order valence-electron chi connectivity index (χ2n) is 3.48. The zero-order chi connectivity index (χ0) is 12.3. The van der Waals surface area contributed by atoms with E-state index >= 15 is 0 Å². The highest BCUT2D eigenvalue weighted by Crippen LogP contribution is 2.33. The van der Waals surface area contributed by atoms with Crippen LogP contribution in [0.1, 0.15) is 10.4 Å². The Balaban J connectivity index is 2.73. The third-order valence-electron chi connectivity index (χ3n) is 2.46. The Morgan fingerprint density at radius 1 is 1.06 bits per heavy atom. The third kappa shape index (κ3) is 2.06. The van der Waals surface area contributed by atoms with E-state index in [0.717, 1.165) is 5.56 Å². The minimum atomic E-state index is -1.02. The Kier molecular flexibility index (Phi) is 2.96. The van der Waals surface area contributed by atoms with Crippen molar-refractivity contribution in [2.24, 2.45) is 5.11 Å². The van der Waals surface area contributed by atoms with Gasteiger partial charge in [0.05, 0.1) is 11.3 Å². The summed E-state index contributed by atoms with van der Waals surface area (Å²) in [5.41, 5.74) is 8.85. The van der Waals surface area contributed by atoms with Gasteiger partial charge in [-0.3, -0.25) is 0 Å². The number of hydrogen-bond donors (Lipinski definition) is 2. The Morgan fingerprint density at radius 2 is 1.76 bits per heavy atom. The molecule has 0 radical (unpaired) electrons. The first-order valence-electron chi connectivity index (χ1n) is 5.03. The zero-order valence-corrected chi connectivity index (χ0v) is 8.92. The fourth-order valence-corrected chi connectivity index (χ4v) is 1.72. The molecule has 17 heavy (non-hydrogen) atoms. The van der Waals surface area contributed by atoms with Gasteiger partial charge in [-0.05, 0) is 17.7 Å². The summed E-state index contributed by atoms with van der Waals surface area (Å²) >= 11 is 0. The molecule has 4 heteroatoms. The Hall–Kier alpha value is -2.49. The number of hydrogen-bond acceptors (Lipinski definition) is 3. The van der Waals surface area contributed by atoms with Crippen molar-refractivity contribution >= 4 is 11.7 Å². The number of carboxylic acids is 1. The summed E-state index contributed by atoms with van der Waals surface area (Å²) in [6.07, 6.45) is 0. The van der Waals surface area contributed by atoms with Crippen molar-refractivity contribution in [2.75, 3.05) is 0 Å². The molecule has 0 amide bonds. The van der Waals surface area contributed by atoms with Crippen LogP contribution in [0.4, 0.5) is 5.69 Å². The number of nitrogens with zero attached hydrogens (tertiary/aromatic N) is 1. The maximum Gasteiger partial charge on any atom is 0.336 e. The van der Waals surface area contributed by atoms with E-state index < -0.39 is 5.97 Å². The molecule has 0 saturated carbocycles. The fraction of sp³-hybridized carbons (Fsp3) is 0. The molecule has 0 aliphatic heterocycles. The van der Waals surface area contributed by atoms with Gasteiger partial charge in [0.1, 0.15) is 0 Å². The van der Waals surface area contributed by atoms with E-state index in [9.17, 15) is 4.79 Å². The average molecular weight is 226 g/mol. The van der Waals surface area contributed by atoms with E-state index in [1.165, 1.54) is 6.07 Å². The predicted molar refractivity (Wildman–Crippen MR) is 63.6 cm³/mol. The first-order valence-corrected chi connectivity index (χ1v) is 5.03. The van der Waals surface area contributed by atoms with Crippen LogP contribution in [0.25, 0.3) is 11.1 Å². The lowest BCUT2D eigenvalue weighted by molar-refractivity contribution is 0.0698. The molecule has 0 saturated heterocycles. The predicted octanol–water partition coefficient (Wildman–Crippen LogP) is 3.71. The molecule has 2 N–H and O–H groups in total. The van der Waals surface area contributed by atoms with Crippen molar-refractivity contribution in [3.63, 3.8) is 0 Å². The van der Waals surface area contributed by atoms with Gasteiger partial charge in [-0.1, -0.05) is 36.4 Å². The highest BCUT2D eigenvalue weighted by molar-refractivity contribution is 5.99. The number of rotatable bonds is 3. The van der Waals surface area contributed by atoms with Crippen molar-refractivity contribution in [1.82, 2.24) is 0 Å². The van der Waals surface area contributed by atoms with Crippen LogP contribution in [0.3, 0.4) is 0 Å². The van der Waals surface area contributed by atoms with Crippen LogP contribution in [0.15, 0.2) is 53.6 Å². The molecule has 0 heterocycles. The normalized spacial score (nSPS) is 9.88. The molecule has 0 bridgehead atoms. The number of nitrogens with one attached hydrogen (secondary N) is 1. The molecule has 2 aromatic carbocycles. The van der Waals surface area contributed by atoms with E-state index in [0.29, 0.717) is 11.3 Å². The first kappa shape index (κ1) is 11.0. The quantitative estimate of drug-likeness (QED) is 0.783. The lowest BCUT2D eigenvalue weighted by Gasteiger charge is -2.08. The molecule has 2 aromatic rings. The zero-order valence-electron chi connectivity index (χ0n) is 8.92. The van der Waals surface area contributed by atoms with E-state index in [1.807, 2.05) is 18.2 Å². The van der Waals surface area contributed by atoms with Gasteiger partial charge in [-0.15, -0.1) is 0 Å². The molecule has 0 spiro atoms. The van der Waals surface area contributed by atoms with Crippen molar-refractivity contribution < 1.29 is 9.90 Å². The van der Waals surface area contributed by atoms with Gasteiger partial charge < -0.3 is 5.11 Å². The third-order valence-corrected chi connectivity index (χ3v) is 2.46. The van der Waals surface area contributed by atoms with Crippen LogP contribution in [0.5, 0.6) is 0 Å². The first-order chi connectivity index (χ1) is 8.24. The monoisotopic (exact) mass is 226 g/mol. The summed E-state index contributed by atoms with van der Waals surface area (Å²) in [6, 6.07) is 13.8. The summed E-state index contributed by atoms with van der Waals surface area (Å²) in [7, 11) is 0. The summed E-state index contributed by atoms with van der Waals surface area (Å²) in [5.74, 6) is -1.02. The van der Waals surface area contributed by atoms with Gasteiger partial charge in [-0.25, -0.2) is 10.3 Å². The number of carboxylic acid groups (broad SMARTS) is 1. The van der Waals surface area contributed by atoms with Crippen LogP contribution < -0.4 is 0 Å². The van der Waals surface area contributed by atoms with E-state index in [1.54, 1.807) is 24.3 Å². The largest absolute Gasteiger partial charge is 0.478 e. The van der Waals surface area contributed by atoms with E-state index in [2.05, 4.69) is 5.11 Å². The fourth-order valence-electron chi connectivity index (χ4n) is 1.72. The lowest BCUT2D eigenvalue weighted by atomic mass is 9.98. The molecule has 0 aromatic heterocycles. The topological polar surface area (TPSA) is 73.5 Å². The maximum absolute atomic E-state index is 11.2. The minimum Gasteiger partial charge on any atom is -0.478 e. The van der Waals surface area contributed by atoms with Crippen LogP contribution in [-0.4, -0.2) is 11.1 Å². The maximum atomic E-state index is 11.2. The number of benzene rings is 2. The van der Waals surface area contributed by atoms with Crippen LogP contribution in [0, 0.1) is 5.53 Å². The lowest BCUT2D eigenvalue weighted by Crippen LogP contribution is -1.99. The summed E-state index contributed by atoms with van der Waals surface area (Å²) < 4.78 is 0. The molecule has 2 rings (SSSR count). The van der Waals surface area contributed by atoms with Gasteiger partial charge in [0, 0.05) is 5.56 Å². The second kappa shape index (κ2) is 4.57. The Morgan fingerprint density at radius 3 is 2.35 bits per heavy atom. The number of aromatic carboxylic acids is 1. The molecule has 84 valence electrons. The molecule has 0 aliphatic carbocycles. The summed E-state index contributed by atoms with van der Waals surface area (Å²) in [5, 5.41) is 12.5. The molecular weight excluding hydrogens is 216 g/mol. The number of carbonyl (C=O) groups is 1. The van der Waals surface area contributed by atoms with Crippen molar-refractivity contribution in [3.8, 4) is 11.1 Å². The van der Waals surface area contributed by atoms with E-state index in [4.69, 9.17) is 10.6 Å². The van der Waals surface area contributed by atoms with Crippen LogP contribution >= 0.6 is 0 Å². The smallest absolute Gasteiger partial charge is 0.336 e. The van der Waals surface area contributed by atoms with E-state index in [-0.39, 0.29) is 5.56 Å². The highest BCUT2D eigenvalue weighted by Gasteiger charge is 2.15. The summed E-state index contributed by atoms with van der Waals surface area (Å²) in [6.45, 7) is 0. The molecule has 0 unspecified atom stereocenters. The van der Waals surface area contributed by atoms with Crippen molar-refractivity contribution in [3.05, 3.63) is 54.1 Å². The molecule has 0 fully saturated rings. The minimum absolute atomic E-state index is 0.157.